The van der Waals surface area contributed by atoms with Crippen molar-refractivity contribution < 1.29 is 0 Å². The summed E-state index contributed by atoms with van der Waals surface area (Å²) in [7, 11) is -0.707. The van der Waals surface area contributed by atoms with E-state index in [2.05, 4.69) is 51.9 Å². The second kappa shape index (κ2) is 13.4. The molecule has 2 heteroatoms. The van der Waals surface area contributed by atoms with Crippen LogP contribution in [0.25, 0.3) is 0 Å². The van der Waals surface area contributed by atoms with Crippen LogP contribution in [-0.4, -0.2) is 32.6 Å². The van der Waals surface area contributed by atoms with Gasteiger partial charge in [0.15, 0.2) is 0 Å². The first kappa shape index (κ1) is 20.2. The Labute approximate surface area is 118 Å². The van der Waals surface area contributed by atoms with E-state index in [1.807, 2.05) is 6.08 Å². The molecular formula is C16H37NSi. The second-order valence-electron chi connectivity index (χ2n) is 6.15. The average molecular weight is 272 g/mol. The molecule has 0 aliphatic heterocycles. The molecule has 1 nitrogen and oxygen atoms in total. The van der Waals surface area contributed by atoms with E-state index in [1.54, 1.807) is 0 Å². The Morgan fingerprint density at radius 3 is 1.78 bits per heavy atom. The maximum Gasteiger partial charge on any atom is 0.0442 e. The van der Waals surface area contributed by atoms with Crippen molar-refractivity contribution in [2.75, 3.05) is 19.6 Å². The van der Waals surface area contributed by atoms with E-state index in [0.717, 1.165) is 19.6 Å². The van der Waals surface area contributed by atoms with Crippen molar-refractivity contribution in [2.45, 2.75) is 72.1 Å². The van der Waals surface area contributed by atoms with Crippen molar-refractivity contribution in [1.29, 1.82) is 0 Å². The van der Waals surface area contributed by atoms with E-state index < -0.39 is 8.07 Å². The molecule has 0 unspecified atom stereocenters. The minimum Gasteiger partial charge on any atom is -0.300 e. The number of rotatable bonds is 9. The molecular weight excluding hydrogens is 234 g/mol. The van der Waals surface area contributed by atoms with Crippen LogP contribution in [0, 0.1) is 0 Å². The quantitative estimate of drug-likeness (QED) is 0.307. The SMILES string of the molecule is C=CCN(CC)CC.CCCCCC[Si](C)(C)C. The van der Waals surface area contributed by atoms with Gasteiger partial charge in [0.05, 0.1) is 0 Å². The van der Waals surface area contributed by atoms with Crippen molar-refractivity contribution >= 4 is 8.07 Å². The molecule has 0 aromatic carbocycles. The van der Waals surface area contributed by atoms with Gasteiger partial charge in [-0.1, -0.05) is 78.2 Å². The molecule has 0 aromatic rings. The van der Waals surface area contributed by atoms with Gasteiger partial charge in [0.1, 0.15) is 0 Å². The molecule has 0 rings (SSSR count). The molecule has 110 valence electrons. The second-order valence-corrected chi connectivity index (χ2v) is 11.8. The Morgan fingerprint density at radius 1 is 0.944 bits per heavy atom. The zero-order valence-corrected chi connectivity index (χ0v) is 14.9. The summed E-state index contributed by atoms with van der Waals surface area (Å²) in [6, 6.07) is 1.52. The van der Waals surface area contributed by atoms with Gasteiger partial charge < -0.3 is 4.90 Å². The van der Waals surface area contributed by atoms with Gasteiger partial charge in [0.25, 0.3) is 0 Å². The topological polar surface area (TPSA) is 3.24 Å². The molecule has 18 heavy (non-hydrogen) atoms. The summed E-state index contributed by atoms with van der Waals surface area (Å²) in [6.07, 6.45) is 7.67. The molecule has 0 aromatic heterocycles. The first-order valence-electron chi connectivity index (χ1n) is 7.74. The van der Waals surface area contributed by atoms with Crippen molar-refractivity contribution in [3.8, 4) is 0 Å². The summed E-state index contributed by atoms with van der Waals surface area (Å²) < 4.78 is 0. The summed E-state index contributed by atoms with van der Waals surface area (Å²) in [6.45, 7) is 20.9. The lowest BCUT2D eigenvalue weighted by atomic mass is 10.2. The predicted molar refractivity (Wildman–Crippen MR) is 90.3 cm³/mol. The number of unbranched alkanes of at least 4 members (excludes halogenated alkanes) is 3. The Morgan fingerprint density at radius 2 is 1.50 bits per heavy atom. The van der Waals surface area contributed by atoms with Gasteiger partial charge in [0.2, 0.25) is 0 Å². The van der Waals surface area contributed by atoms with E-state index in [9.17, 15) is 0 Å². The summed E-state index contributed by atoms with van der Waals surface area (Å²) in [5, 5.41) is 0. The Hall–Kier alpha value is -0.0831. The van der Waals surface area contributed by atoms with Crippen molar-refractivity contribution in [3.63, 3.8) is 0 Å². The van der Waals surface area contributed by atoms with Gasteiger partial charge >= 0.3 is 0 Å². The molecule has 0 atom stereocenters. The van der Waals surface area contributed by atoms with Crippen LogP contribution in [0.3, 0.4) is 0 Å². The third-order valence-electron chi connectivity index (χ3n) is 3.06. The van der Waals surface area contributed by atoms with Crippen LogP contribution in [0.15, 0.2) is 12.7 Å². The lowest BCUT2D eigenvalue weighted by molar-refractivity contribution is 0.337. The third kappa shape index (κ3) is 18.3. The highest BCUT2D eigenvalue weighted by Gasteiger charge is 2.10. The van der Waals surface area contributed by atoms with Gasteiger partial charge in [-0.25, -0.2) is 0 Å². The zero-order valence-electron chi connectivity index (χ0n) is 13.9. The Bertz CT molecular complexity index is 168. The van der Waals surface area contributed by atoms with Gasteiger partial charge in [-0.15, -0.1) is 6.58 Å². The molecule has 0 saturated heterocycles. The minimum atomic E-state index is -0.707. The first-order chi connectivity index (χ1) is 8.41. The summed E-state index contributed by atoms with van der Waals surface area (Å²) in [4.78, 5) is 2.31. The fourth-order valence-corrected chi connectivity index (χ4v) is 3.06. The molecule has 0 heterocycles. The largest absolute Gasteiger partial charge is 0.300 e. The molecule has 0 N–H and O–H groups in total. The zero-order chi connectivity index (χ0) is 14.4. The normalized spacial score (nSPS) is 11.1. The van der Waals surface area contributed by atoms with Crippen molar-refractivity contribution in [3.05, 3.63) is 12.7 Å². The van der Waals surface area contributed by atoms with E-state index >= 15 is 0 Å². The van der Waals surface area contributed by atoms with E-state index in [-0.39, 0.29) is 0 Å². The van der Waals surface area contributed by atoms with Crippen LogP contribution < -0.4 is 0 Å². The summed E-state index contributed by atoms with van der Waals surface area (Å²) in [5.74, 6) is 0. The van der Waals surface area contributed by atoms with Crippen LogP contribution in [-0.2, 0) is 0 Å². The highest BCUT2D eigenvalue weighted by Crippen LogP contribution is 2.14. The van der Waals surface area contributed by atoms with E-state index in [4.69, 9.17) is 0 Å². The smallest absolute Gasteiger partial charge is 0.0442 e. The Balaban J connectivity index is 0. The molecule has 0 radical (unpaired) electrons. The number of hydrogen-bond acceptors (Lipinski definition) is 1. The monoisotopic (exact) mass is 271 g/mol. The van der Waals surface area contributed by atoms with Gasteiger partial charge in [0, 0.05) is 14.6 Å². The maximum atomic E-state index is 3.65. The van der Waals surface area contributed by atoms with Gasteiger partial charge in [-0.2, -0.15) is 0 Å². The average Bonchev–Trinajstić information content (AvgIpc) is 2.31. The lowest BCUT2D eigenvalue weighted by Gasteiger charge is -2.14. The third-order valence-corrected chi connectivity index (χ3v) is 4.92. The molecule has 0 fully saturated rings. The van der Waals surface area contributed by atoms with Gasteiger partial charge in [-0.05, 0) is 13.1 Å². The highest BCUT2D eigenvalue weighted by atomic mass is 28.3. The minimum absolute atomic E-state index is 0.707. The summed E-state index contributed by atoms with van der Waals surface area (Å²) in [5.41, 5.74) is 0. The van der Waals surface area contributed by atoms with E-state index in [0.29, 0.717) is 0 Å². The van der Waals surface area contributed by atoms with Crippen LogP contribution in [0.5, 0.6) is 0 Å². The highest BCUT2D eigenvalue weighted by molar-refractivity contribution is 6.76. The Kier molecular flexibility index (Phi) is 15.0. The molecule has 0 amide bonds. The molecule has 0 aliphatic carbocycles. The van der Waals surface area contributed by atoms with Crippen LogP contribution in [0.4, 0.5) is 0 Å². The van der Waals surface area contributed by atoms with Crippen molar-refractivity contribution in [2.24, 2.45) is 0 Å². The standard InChI is InChI=1S/C9H22Si.C7H15N/c1-5-6-7-8-9-10(2,3)4;1-4-7-8(5-2)6-3/h5-9H2,1-4H3;4H,1,5-7H2,2-3H3. The number of nitrogens with zero attached hydrogens (tertiary/aromatic N) is 1. The molecule has 0 aliphatic rings. The predicted octanol–water partition coefficient (Wildman–Crippen LogP) is 5.42. The fourth-order valence-electron chi connectivity index (χ4n) is 1.75. The number of likely N-dealkylation sites (N-methyl/N-ethyl adjacent to an activating group) is 1. The van der Waals surface area contributed by atoms with Crippen LogP contribution in [0.1, 0.15) is 46.5 Å². The van der Waals surface area contributed by atoms with Crippen LogP contribution in [0.2, 0.25) is 25.7 Å². The van der Waals surface area contributed by atoms with Crippen molar-refractivity contribution in [1.82, 2.24) is 4.90 Å². The summed E-state index contributed by atoms with van der Waals surface area (Å²) >= 11 is 0. The van der Waals surface area contributed by atoms with Crippen LogP contribution >= 0.6 is 0 Å². The van der Waals surface area contributed by atoms with Gasteiger partial charge in [-0.3, -0.25) is 0 Å². The number of hydrogen-bond donors (Lipinski definition) is 0. The maximum absolute atomic E-state index is 3.65. The first-order valence-corrected chi connectivity index (χ1v) is 11.4. The lowest BCUT2D eigenvalue weighted by Crippen LogP contribution is -2.22. The molecule has 0 bridgehead atoms. The molecule has 0 saturated carbocycles. The fraction of sp³-hybridized carbons (Fsp3) is 0.875. The van der Waals surface area contributed by atoms with E-state index in [1.165, 1.54) is 31.7 Å². The molecule has 0 spiro atoms.